The van der Waals surface area contributed by atoms with Crippen LogP contribution >= 0.6 is 11.8 Å². The number of aromatic nitrogens is 3. The summed E-state index contributed by atoms with van der Waals surface area (Å²) in [5.74, 6) is 3.28. The lowest BCUT2D eigenvalue weighted by molar-refractivity contribution is 0.415. The number of methoxy groups -OCH3 is 1. The molecule has 0 aliphatic carbocycles. The van der Waals surface area contributed by atoms with Gasteiger partial charge in [0.05, 0.1) is 19.9 Å². The van der Waals surface area contributed by atoms with Crippen LogP contribution < -0.4 is 4.74 Å². The molecule has 0 spiro atoms. The van der Waals surface area contributed by atoms with Gasteiger partial charge in [-0.15, -0.1) is 10.2 Å². The number of rotatable bonds is 7. The van der Waals surface area contributed by atoms with Gasteiger partial charge in [0.15, 0.2) is 11.0 Å². The third-order valence-electron chi connectivity index (χ3n) is 3.41. The minimum atomic E-state index is 0.583. The quantitative estimate of drug-likeness (QED) is 0.475. The molecule has 0 amide bonds. The van der Waals surface area contributed by atoms with Gasteiger partial charge in [0.2, 0.25) is 0 Å². The smallest absolute Gasteiger partial charge is 0.192 e. The Bertz CT molecular complexity index is 807. The van der Waals surface area contributed by atoms with Crippen LogP contribution in [-0.2, 0) is 6.54 Å². The van der Waals surface area contributed by atoms with Crippen molar-refractivity contribution < 1.29 is 9.15 Å². The molecule has 0 bridgehead atoms. The van der Waals surface area contributed by atoms with Crippen LogP contribution in [0.2, 0.25) is 0 Å². The molecule has 3 rings (SSSR count). The fourth-order valence-corrected chi connectivity index (χ4v) is 3.02. The van der Waals surface area contributed by atoms with Crippen molar-refractivity contribution in [3.05, 3.63) is 60.6 Å². The van der Waals surface area contributed by atoms with Crippen molar-refractivity contribution in [1.82, 2.24) is 14.8 Å². The highest BCUT2D eigenvalue weighted by atomic mass is 32.2. The van der Waals surface area contributed by atoms with Gasteiger partial charge in [-0.05, 0) is 43.3 Å². The molecule has 0 radical (unpaired) electrons. The van der Waals surface area contributed by atoms with Crippen LogP contribution in [0.1, 0.15) is 12.7 Å². The van der Waals surface area contributed by atoms with E-state index in [0.29, 0.717) is 6.54 Å². The zero-order chi connectivity index (χ0) is 16.9. The number of hydrogen-bond acceptors (Lipinski definition) is 5. The van der Waals surface area contributed by atoms with Crippen LogP contribution in [0.15, 0.2) is 64.4 Å². The molecule has 2 heterocycles. The first-order valence-electron chi connectivity index (χ1n) is 7.54. The maximum atomic E-state index is 5.49. The molecule has 0 saturated carbocycles. The fourth-order valence-electron chi connectivity index (χ4n) is 2.24. The number of benzene rings is 1. The van der Waals surface area contributed by atoms with Gasteiger partial charge in [-0.25, -0.2) is 0 Å². The highest BCUT2D eigenvalue weighted by Crippen LogP contribution is 2.27. The lowest BCUT2D eigenvalue weighted by Crippen LogP contribution is -2.03. The summed E-state index contributed by atoms with van der Waals surface area (Å²) in [5.41, 5.74) is 2.08. The van der Waals surface area contributed by atoms with Gasteiger partial charge in [-0.2, -0.15) is 0 Å². The molecule has 6 heteroatoms. The minimum Gasteiger partial charge on any atom is -0.497 e. The monoisotopic (exact) mass is 341 g/mol. The van der Waals surface area contributed by atoms with E-state index in [1.54, 1.807) is 25.1 Å². The highest BCUT2D eigenvalue weighted by molar-refractivity contribution is 7.99. The molecule has 0 aliphatic heterocycles. The van der Waals surface area contributed by atoms with Crippen molar-refractivity contribution in [1.29, 1.82) is 0 Å². The third kappa shape index (κ3) is 3.71. The number of thioether (sulfide) groups is 1. The van der Waals surface area contributed by atoms with E-state index in [-0.39, 0.29) is 0 Å². The van der Waals surface area contributed by atoms with Crippen LogP contribution in [0.4, 0.5) is 0 Å². The Morgan fingerprint density at radius 3 is 2.67 bits per heavy atom. The zero-order valence-corrected chi connectivity index (χ0v) is 14.5. The molecule has 0 atom stereocenters. The topological polar surface area (TPSA) is 53.1 Å². The lowest BCUT2D eigenvalue weighted by atomic mass is 10.2. The van der Waals surface area contributed by atoms with E-state index in [2.05, 4.69) is 21.3 Å². The number of hydrogen-bond donors (Lipinski definition) is 0. The molecular weight excluding hydrogens is 322 g/mol. The Morgan fingerprint density at radius 1 is 1.25 bits per heavy atom. The fraction of sp³-hybridized carbons (Fsp3) is 0.222. The number of furan rings is 1. The Morgan fingerprint density at radius 2 is 2.04 bits per heavy atom. The van der Waals surface area contributed by atoms with Gasteiger partial charge in [0.1, 0.15) is 11.5 Å². The van der Waals surface area contributed by atoms with E-state index in [4.69, 9.17) is 9.15 Å². The Kier molecular flexibility index (Phi) is 5.05. The standard InChI is InChI=1S/C18H19N3O2S/c1-13(2)12-24-18-20-19-17(14-6-8-15(22-3)9-7-14)21(18)11-16-5-4-10-23-16/h4-10H,1,11-12H2,2-3H3. The normalized spacial score (nSPS) is 10.8. The minimum absolute atomic E-state index is 0.583. The summed E-state index contributed by atoms with van der Waals surface area (Å²) in [5, 5.41) is 9.58. The Labute approximate surface area is 145 Å². The van der Waals surface area contributed by atoms with E-state index in [1.165, 1.54) is 0 Å². The Balaban J connectivity index is 1.95. The second kappa shape index (κ2) is 7.40. The first-order chi connectivity index (χ1) is 11.7. The summed E-state index contributed by atoms with van der Waals surface area (Å²) in [6, 6.07) is 11.6. The molecule has 3 aromatic rings. The van der Waals surface area contributed by atoms with Crippen LogP contribution in [-0.4, -0.2) is 27.6 Å². The number of nitrogens with zero attached hydrogens (tertiary/aromatic N) is 3. The van der Waals surface area contributed by atoms with Gasteiger partial charge >= 0.3 is 0 Å². The predicted octanol–water partition coefficient (Wildman–Crippen LogP) is 4.26. The summed E-state index contributed by atoms with van der Waals surface area (Å²) in [6.45, 7) is 6.54. The largest absolute Gasteiger partial charge is 0.497 e. The molecule has 0 N–H and O–H groups in total. The SMILES string of the molecule is C=C(C)CSc1nnc(-c2ccc(OC)cc2)n1Cc1ccco1. The van der Waals surface area contributed by atoms with Crippen molar-refractivity contribution in [2.75, 3.05) is 12.9 Å². The molecule has 124 valence electrons. The molecule has 0 unspecified atom stereocenters. The molecule has 0 aliphatic rings. The molecule has 5 nitrogen and oxygen atoms in total. The van der Waals surface area contributed by atoms with Crippen LogP contribution in [0, 0.1) is 0 Å². The summed E-state index contributed by atoms with van der Waals surface area (Å²) in [6.07, 6.45) is 1.67. The molecule has 24 heavy (non-hydrogen) atoms. The second-order valence-corrected chi connectivity index (χ2v) is 6.39. The summed E-state index contributed by atoms with van der Waals surface area (Å²) >= 11 is 1.62. The average Bonchev–Trinajstić information content (AvgIpc) is 3.23. The van der Waals surface area contributed by atoms with Crippen molar-refractivity contribution in [3.63, 3.8) is 0 Å². The summed E-state index contributed by atoms with van der Waals surface area (Å²) < 4.78 is 12.8. The molecule has 2 aromatic heterocycles. The third-order valence-corrected chi connectivity index (χ3v) is 4.60. The summed E-state index contributed by atoms with van der Waals surface area (Å²) in [4.78, 5) is 0. The first-order valence-corrected chi connectivity index (χ1v) is 8.53. The van der Waals surface area contributed by atoms with Gasteiger partial charge in [-0.1, -0.05) is 23.9 Å². The van der Waals surface area contributed by atoms with Crippen LogP contribution in [0.5, 0.6) is 5.75 Å². The van der Waals surface area contributed by atoms with Crippen molar-refractivity contribution in [3.8, 4) is 17.1 Å². The highest BCUT2D eigenvalue weighted by Gasteiger charge is 2.16. The van der Waals surface area contributed by atoms with Crippen molar-refractivity contribution in [2.24, 2.45) is 0 Å². The molecular formula is C18H19N3O2S. The van der Waals surface area contributed by atoms with Crippen molar-refractivity contribution >= 4 is 11.8 Å². The lowest BCUT2D eigenvalue weighted by Gasteiger charge is -2.09. The zero-order valence-electron chi connectivity index (χ0n) is 13.7. The van der Waals surface area contributed by atoms with E-state index < -0.39 is 0 Å². The number of ether oxygens (including phenoxy) is 1. The van der Waals surface area contributed by atoms with Crippen molar-refractivity contribution in [2.45, 2.75) is 18.6 Å². The summed E-state index contributed by atoms with van der Waals surface area (Å²) in [7, 11) is 1.65. The van der Waals surface area contributed by atoms with Gasteiger partial charge in [0, 0.05) is 11.3 Å². The second-order valence-electron chi connectivity index (χ2n) is 5.45. The average molecular weight is 341 g/mol. The van der Waals surface area contributed by atoms with Crippen LogP contribution in [0.3, 0.4) is 0 Å². The predicted molar refractivity (Wildman–Crippen MR) is 95.4 cm³/mol. The van der Waals surface area contributed by atoms with E-state index in [1.807, 2.05) is 43.3 Å². The Hall–Kier alpha value is -2.47. The molecule has 0 saturated heterocycles. The van der Waals surface area contributed by atoms with Gasteiger partial charge < -0.3 is 9.15 Å². The van der Waals surface area contributed by atoms with Gasteiger partial charge in [0.25, 0.3) is 0 Å². The molecule has 1 aromatic carbocycles. The van der Waals surface area contributed by atoms with Gasteiger partial charge in [-0.3, -0.25) is 4.57 Å². The maximum Gasteiger partial charge on any atom is 0.192 e. The van der Waals surface area contributed by atoms with E-state index in [9.17, 15) is 0 Å². The maximum absolute atomic E-state index is 5.49. The van der Waals surface area contributed by atoms with Crippen LogP contribution in [0.25, 0.3) is 11.4 Å². The molecule has 0 fully saturated rings. The van der Waals surface area contributed by atoms with E-state index in [0.717, 1.165) is 39.4 Å². The first kappa shape index (κ1) is 16.4. The van der Waals surface area contributed by atoms with E-state index >= 15 is 0 Å².